The minimum absolute atomic E-state index is 0.0476. The zero-order valence-electron chi connectivity index (χ0n) is 14.3. The number of rotatable bonds is 4. The highest BCUT2D eigenvalue weighted by Crippen LogP contribution is 2.23. The minimum Gasteiger partial charge on any atom is -0.402 e. The van der Waals surface area contributed by atoms with Crippen molar-refractivity contribution in [2.75, 3.05) is 0 Å². The van der Waals surface area contributed by atoms with E-state index in [-0.39, 0.29) is 11.8 Å². The number of Topliss-reactive ketones (excluding diaryl/α,β-unsaturated/α-hetero) is 1. The van der Waals surface area contributed by atoms with Crippen LogP contribution in [0.4, 0.5) is 6.01 Å². The Morgan fingerprint density at radius 1 is 1.04 bits per heavy atom. The Balaban J connectivity index is 1.78. The van der Waals surface area contributed by atoms with E-state index in [0.717, 1.165) is 16.9 Å². The summed E-state index contributed by atoms with van der Waals surface area (Å²) in [6.45, 7) is 1.44. The average molecular weight is 432 g/mol. The summed E-state index contributed by atoms with van der Waals surface area (Å²) >= 11 is 13.0. The molecule has 0 fully saturated rings. The molecule has 140 valence electrons. The lowest BCUT2D eigenvalue weighted by atomic mass is 10.2. The topological polar surface area (TPSA) is 86.2 Å². The van der Waals surface area contributed by atoms with Gasteiger partial charge in [0.15, 0.2) is 10.8 Å². The molecular formula is C18H11Cl2N5O2S. The molecule has 0 unspecified atom stereocenters. The van der Waals surface area contributed by atoms with E-state index in [4.69, 9.17) is 27.6 Å². The van der Waals surface area contributed by atoms with Crippen molar-refractivity contribution < 1.29 is 9.21 Å². The van der Waals surface area contributed by atoms with Crippen LogP contribution in [-0.2, 0) is 0 Å². The van der Waals surface area contributed by atoms with Crippen LogP contribution in [-0.4, -0.2) is 25.8 Å². The maximum Gasteiger partial charge on any atom is 0.345 e. The average Bonchev–Trinajstić information content (AvgIpc) is 3.31. The molecule has 0 saturated heterocycles. The van der Waals surface area contributed by atoms with Crippen molar-refractivity contribution >= 4 is 46.3 Å². The lowest BCUT2D eigenvalue weighted by Gasteiger charge is -2.00. The summed E-state index contributed by atoms with van der Waals surface area (Å²) in [6.07, 6.45) is 0. The quantitative estimate of drug-likeness (QED) is 0.436. The van der Waals surface area contributed by atoms with E-state index in [1.807, 2.05) is 0 Å². The molecule has 0 bridgehead atoms. The van der Waals surface area contributed by atoms with Crippen molar-refractivity contribution in [2.45, 2.75) is 6.92 Å². The Kier molecular flexibility index (Phi) is 5.08. The maximum atomic E-state index is 11.8. The number of ketones is 1. The van der Waals surface area contributed by atoms with Gasteiger partial charge in [-0.3, -0.25) is 4.79 Å². The van der Waals surface area contributed by atoms with Crippen LogP contribution in [0.2, 0.25) is 10.0 Å². The van der Waals surface area contributed by atoms with Gasteiger partial charge in [0.05, 0.1) is 5.69 Å². The number of hydrogen-bond acceptors (Lipinski definition) is 7. The number of benzene rings is 2. The molecule has 4 aromatic rings. The van der Waals surface area contributed by atoms with Crippen LogP contribution >= 0.6 is 34.5 Å². The van der Waals surface area contributed by atoms with Crippen molar-refractivity contribution in [1.82, 2.24) is 20.0 Å². The Labute approximate surface area is 172 Å². The standard InChI is InChI=1S/C18H11Cl2N5O2S/c1-10(26)16-24-25(14-8-6-13(20)7-9-14)18(28-16)21-17-23-22-15(27-17)11-2-4-12(19)5-3-11/h2-9H,1H3. The molecule has 2 heterocycles. The molecule has 0 atom stereocenters. The Morgan fingerprint density at radius 3 is 2.32 bits per heavy atom. The molecule has 0 saturated carbocycles. The summed E-state index contributed by atoms with van der Waals surface area (Å²) in [6, 6.07) is 14.1. The summed E-state index contributed by atoms with van der Waals surface area (Å²) in [5.74, 6) is 0.145. The molecule has 0 spiro atoms. The van der Waals surface area contributed by atoms with Gasteiger partial charge in [0.2, 0.25) is 10.7 Å². The van der Waals surface area contributed by atoms with E-state index in [2.05, 4.69) is 20.3 Å². The lowest BCUT2D eigenvalue weighted by molar-refractivity contribution is 0.101. The number of aromatic nitrogens is 4. The minimum atomic E-state index is -0.165. The van der Waals surface area contributed by atoms with Crippen molar-refractivity contribution in [2.24, 2.45) is 4.99 Å². The first-order valence-corrected chi connectivity index (χ1v) is 9.58. The maximum absolute atomic E-state index is 11.8. The van der Waals surface area contributed by atoms with Crippen molar-refractivity contribution in [1.29, 1.82) is 0 Å². The summed E-state index contributed by atoms with van der Waals surface area (Å²) in [4.78, 5) is 16.6. The number of hydrogen-bond donors (Lipinski definition) is 0. The summed E-state index contributed by atoms with van der Waals surface area (Å²) in [5, 5.41) is 13.8. The highest BCUT2D eigenvalue weighted by Gasteiger charge is 2.13. The van der Waals surface area contributed by atoms with E-state index in [1.54, 1.807) is 48.5 Å². The summed E-state index contributed by atoms with van der Waals surface area (Å²) in [5.41, 5.74) is 1.42. The molecule has 0 aliphatic heterocycles. The van der Waals surface area contributed by atoms with Crippen LogP contribution in [0.3, 0.4) is 0 Å². The van der Waals surface area contributed by atoms with E-state index in [0.29, 0.717) is 31.4 Å². The third-order valence-electron chi connectivity index (χ3n) is 3.63. The molecule has 0 amide bonds. The van der Waals surface area contributed by atoms with Gasteiger partial charge in [0.25, 0.3) is 0 Å². The lowest BCUT2D eigenvalue weighted by Crippen LogP contribution is -2.14. The number of carbonyl (C=O) groups excluding carboxylic acids is 1. The SMILES string of the molecule is CC(=O)c1nn(-c2ccc(Cl)cc2)c(=Nc2nnc(-c3ccc(Cl)cc3)o2)s1. The van der Waals surface area contributed by atoms with Gasteiger partial charge in [0.1, 0.15) is 0 Å². The van der Waals surface area contributed by atoms with Gasteiger partial charge < -0.3 is 4.42 Å². The molecule has 7 nitrogen and oxygen atoms in total. The van der Waals surface area contributed by atoms with Crippen LogP contribution in [0.15, 0.2) is 57.9 Å². The monoisotopic (exact) mass is 431 g/mol. The Bertz CT molecular complexity index is 1210. The molecule has 2 aromatic carbocycles. The van der Waals surface area contributed by atoms with E-state index in [9.17, 15) is 4.79 Å². The van der Waals surface area contributed by atoms with E-state index >= 15 is 0 Å². The molecule has 28 heavy (non-hydrogen) atoms. The molecular weight excluding hydrogens is 421 g/mol. The molecule has 0 N–H and O–H groups in total. The van der Waals surface area contributed by atoms with Gasteiger partial charge in [0, 0.05) is 22.5 Å². The fourth-order valence-electron chi connectivity index (χ4n) is 2.30. The summed E-state index contributed by atoms with van der Waals surface area (Å²) in [7, 11) is 0. The predicted molar refractivity (Wildman–Crippen MR) is 106 cm³/mol. The Morgan fingerprint density at radius 2 is 1.68 bits per heavy atom. The molecule has 2 aromatic heterocycles. The van der Waals surface area contributed by atoms with Crippen LogP contribution in [0, 0.1) is 0 Å². The van der Waals surface area contributed by atoms with Gasteiger partial charge in [-0.1, -0.05) is 39.6 Å². The first-order valence-electron chi connectivity index (χ1n) is 8.01. The normalized spacial score (nSPS) is 11.8. The second kappa shape index (κ2) is 7.67. The first kappa shape index (κ1) is 18.5. The van der Waals surface area contributed by atoms with Crippen molar-refractivity contribution in [3.05, 3.63) is 68.4 Å². The largest absolute Gasteiger partial charge is 0.402 e. The zero-order chi connectivity index (χ0) is 19.7. The van der Waals surface area contributed by atoms with Crippen LogP contribution in [0.25, 0.3) is 17.1 Å². The molecule has 10 heteroatoms. The van der Waals surface area contributed by atoms with Gasteiger partial charge in [-0.05, 0) is 48.5 Å². The second-order valence-corrected chi connectivity index (χ2v) is 7.47. The van der Waals surface area contributed by atoms with Crippen LogP contribution in [0.1, 0.15) is 16.7 Å². The van der Waals surface area contributed by atoms with Gasteiger partial charge in [-0.25, -0.2) is 4.68 Å². The van der Waals surface area contributed by atoms with Crippen molar-refractivity contribution in [3.8, 4) is 17.1 Å². The first-order chi connectivity index (χ1) is 13.5. The molecule has 0 radical (unpaired) electrons. The number of halogens is 2. The smallest absolute Gasteiger partial charge is 0.345 e. The third-order valence-corrected chi connectivity index (χ3v) is 5.14. The predicted octanol–water partition coefficient (Wildman–Crippen LogP) is 4.73. The van der Waals surface area contributed by atoms with E-state index in [1.165, 1.54) is 11.6 Å². The zero-order valence-corrected chi connectivity index (χ0v) is 16.7. The molecule has 4 rings (SSSR count). The van der Waals surface area contributed by atoms with Crippen LogP contribution < -0.4 is 4.80 Å². The molecule has 0 aliphatic rings. The fourth-order valence-corrected chi connectivity index (χ4v) is 3.35. The van der Waals surface area contributed by atoms with Gasteiger partial charge in [-0.15, -0.1) is 5.10 Å². The van der Waals surface area contributed by atoms with E-state index < -0.39 is 0 Å². The fraction of sp³-hybridized carbons (Fsp3) is 0.0556. The number of nitrogens with zero attached hydrogens (tertiary/aromatic N) is 5. The molecule has 0 aliphatic carbocycles. The highest BCUT2D eigenvalue weighted by molar-refractivity contribution is 7.11. The second-order valence-electron chi connectivity index (χ2n) is 5.64. The van der Waals surface area contributed by atoms with Gasteiger partial charge in [-0.2, -0.15) is 10.1 Å². The van der Waals surface area contributed by atoms with Gasteiger partial charge >= 0.3 is 6.01 Å². The van der Waals surface area contributed by atoms with Crippen molar-refractivity contribution in [3.63, 3.8) is 0 Å². The van der Waals surface area contributed by atoms with Crippen LogP contribution in [0.5, 0.6) is 0 Å². The highest BCUT2D eigenvalue weighted by atomic mass is 35.5. The number of carbonyl (C=O) groups is 1. The third kappa shape index (κ3) is 3.89. The summed E-state index contributed by atoms with van der Waals surface area (Å²) < 4.78 is 7.15. The Hall–Kier alpha value is -2.81.